The van der Waals surface area contributed by atoms with Crippen LogP contribution in [0.1, 0.15) is 86.9 Å². The highest BCUT2D eigenvalue weighted by Crippen LogP contribution is 2.22. The van der Waals surface area contributed by atoms with E-state index in [0.717, 1.165) is 11.6 Å². The quantitative estimate of drug-likeness (QED) is 0.0102. The third-order valence-electron chi connectivity index (χ3n) is 15.5. The van der Waals surface area contributed by atoms with Crippen molar-refractivity contribution in [1.82, 2.24) is 73.1 Å². The molecule has 9 atom stereocenters. The number of phenols is 2. The molecule has 4 aromatic carbocycles. The number of nitrogens with zero attached hydrogens (tertiary/aromatic N) is 3. The molecule has 6 rings (SSSR count). The first-order valence-corrected chi connectivity index (χ1v) is 31.8. The molecule has 23 N–H and O–H groups in total. The molecule has 0 bridgehead atoms. The molecule has 0 unspecified atom stereocenters. The van der Waals surface area contributed by atoms with Crippen LogP contribution in [0.25, 0.3) is 10.9 Å². The topological polar surface area (TPSA) is 560 Å². The maximum atomic E-state index is 14.6. The number of amides is 12. The van der Waals surface area contributed by atoms with E-state index >= 15 is 0 Å². The Labute approximate surface area is 573 Å². The lowest BCUT2D eigenvalue weighted by atomic mass is 10.0. The first-order valence-electron chi connectivity index (χ1n) is 31.8. The van der Waals surface area contributed by atoms with Crippen molar-refractivity contribution in [2.45, 2.75) is 139 Å². The van der Waals surface area contributed by atoms with Gasteiger partial charge in [-0.3, -0.25) is 62.9 Å². The first-order chi connectivity index (χ1) is 47.5. The Balaban J connectivity index is 1.18. The number of nitrogens with one attached hydrogen (secondary N) is 12. The summed E-state index contributed by atoms with van der Waals surface area (Å²) in [4.78, 5) is 166. The van der Waals surface area contributed by atoms with Gasteiger partial charge in [-0.25, -0.2) is 4.68 Å². The van der Waals surface area contributed by atoms with Gasteiger partial charge in [0.1, 0.15) is 72.1 Å². The fraction of sp³-hybridized carbons (Fsp3) is 0.379. The average molecular weight is 1380 g/mol. The van der Waals surface area contributed by atoms with E-state index in [1.54, 1.807) is 86.8 Å². The lowest BCUT2D eigenvalue weighted by molar-refractivity contribution is -0.136. The van der Waals surface area contributed by atoms with Gasteiger partial charge in [0, 0.05) is 49.8 Å². The molecule has 2 heterocycles. The number of benzene rings is 4. The minimum absolute atomic E-state index is 0.0142. The van der Waals surface area contributed by atoms with Gasteiger partial charge in [0.15, 0.2) is 5.96 Å². The highest BCUT2D eigenvalue weighted by atomic mass is 16.3. The summed E-state index contributed by atoms with van der Waals surface area (Å²) in [5, 5.41) is 72.1. The number of para-hydroxylation sites is 1. The molecule has 34 heteroatoms. The standard InChI is InChI=1S/C66H85N19O15/c1-35(2)24-48(60(95)76-45(14-9-23-72-66(70)71)59(94)78-47(58(69)93)26-38-15-19-41(88)20-16-38)75-57(92)33-85-32-53(83-84-85)46(25-37-10-5-4-6-11-37)77-65(100)54(34-86)82-64(99)52(30-56(68)91)81-62(97)50(28-40-31-73-44-13-8-7-12-43(40)44)79-63(98)51(29-55(67)90)80-61(96)49(74-36(3)87)27-39-17-21-42(89)22-18-39/h4-8,10-13,15-22,31-32,35,45-52,54,73,86,88-89H,9,14,23-30,33-34H2,1-3H3,(H2,67,90)(H2,68,91)(H2,69,93)(H,74,87)(H,75,92)(H,76,95)(H,77,100)(H,78,94)(H,79,98)(H,80,96)(H,81,97)(H,82,99)(H4,70,71,72)/t45-,46-,47-,48-,49-,50-,51-,52-,54-/m0/s1. The lowest BCUT2D eigenvalue weighted by Gasteiger charge is -2.27. The summed E-state index contributed by atoms with van der Waals surface area (Å²) < 4.78 is 1.12. The Morgan fingerprint density at radius 1 is 0.540 bits per heavy atom. The molecular weight excluding hydrogens is 1300 g/mol. The van der Waals surface area contributed by atoms with E-state index < -0.39 is 151 Å². The Morgan fingerprint density at radius 3 is 1.57 bits per heavy atom. The van der Waals surface area contributed by atoms with Crippen molar-refractivity contribution >= 4 is 87.7 Å². The zero-order valence-corrected chi connectivity index (χ0v) is 55.1. The minimum atomic E-state index is -1.89. The second-order valence-corrected chi connectivity index (χ2v) is 24.2. The van der Waals surface area contributed by atoms with E-state index in [2.05, 4.69) is 68.5 Å². The molecule has 0 aliphatic carbocycles. The molecule has 6 aromatic rings. The number of H-pyrrole nitrogens is 1. The van der Waals surface area contributed by atoms with Crippen LogP contribution in [0.2, 0.25) is 0 Å². The molecule has 12 amide bonds. The van der Waals surface area contributed by atoms with Crippen LogP contribution in [0, 0.1) is 11.3 Å². The largest absolute Gasteiger partial charge is 0.508 e. The van der Waals surface area contributed by atoms with Crippen molar-refractivity contribution < 1.29 is 72.9 Å². The molecule has 0 aliphatic rings. The van der Waals surface area contributed by atoms with Crippen molar-refractivity contribution in [2.75, 3.05) is 13.2 Å². The Hall–Kier alpha value is -12.0. The van der Waals surface area contributed by atoms with E-state index in [1.807, 2.05) is 0 Å². The van der Waals surface area contributed by atoms with E-state index in [4.69, 9.17) is 28.3 Å². The number of carbonyl (C=O) groups excluding carboxylic acids is 12. The van der Waals surface area contributed by atoms with E-state index in [-0.39, 0.29) is 80.6 Å². The van der Waals surface area contributed by atoms with Crippen LogP contribution in [-0.4, -0.2) is 174 Å². The Bertz CT molecular complexity index is 3870. The van der Waals surface area contributed by atoms with Gasteiger partial charge in [0.05, 0.1) is 31.7 Å². The fourth-order valence-corrected chi connectivity index (χ4v) is 10.6. The molecule has 34 nitrogen and oxygen atoms in total. The summed E-state index contributed by atoms with van der Waals surface area (Å²) in [5.74, 6) is -12.0. The summed E-state index contributed by atoms with van der Waals surface area (Å²) in [6, 6.07) is 13.8. The molecule has 0 saturated carbocycles. The number of primary amides is 3. The molecular formula is C66H85N19O15. The number of carbonyl (C=O) groups is 12. The number of aromatic nitrogens is 4. The highest BCUT2D eigenvalue weighted by molar-refractivity contribution is 6.00. The highest BCUT2D eigenvalue weighted by Gasteiger charge is 2.36. The van der Waals surface area contributed by atoms with Crippen LogP contribution in [0.4, 0.5) is 0 Å². The number of hydrogen-bond donors (Lipinski definition) is 19. The smallest absolute Gasteiger partial charge is 0.245 e. The number of nitrogens with two attached hydrogens (primary N) is 4. The number of guanidine groups is 1. The number of aromatic amines is 1. The number of aromatic hydroxyl groups is 2. The fourth-order valence-electron chi connectivity index (χ4n) is 10.6. The van der Waals surface area contributed by atoms with Crippen LogP contribution in [0.15, 0.2) is 116 Å². The summed E-state index contributed by atoms with van der Waals surface area (Å²) in [7, 11) is 0. The van der Waals surface area contributed by atoms with E-state index in [1.165, 1.54) is 42.6 Å². The molecule has 100 heavy (non-hydrogen) atoms. The van der Waals surface area contributed by atoms with Gasteiger partial charge in [-0.2, -0.15) is 0 Å². The summed E-state index contributed by atoms with van der Waals surface area (Å²) >= 11 is 0. The molecule has 0 aliphatic heterocycles. The molecule has 0 spiro atoms. The lowest BCUT2D eigenvalue weighted by Crippen LogP contribution is -2.60. The van der Waals surface area contributed by atoms with Gasteiger partial charge in [-0.05, 0) is 84.2 Å². The molecule has 0 fully saturated rings. The molecule has 2 aromatic heterocycles. The molecule has 0 radical (unpaired) electrons. The molecule has 0 saturated heterocycles. The predicted octanol–water partition coefficient (Wildman–Crippen LogP) is -3.27. The third kappa shape index (κ3) is 24.9. The monoisotopic (exact) mass is 1380 g/mol. The number of aliphatic hydroxyl groups is 1. The number of phenolic OH excluding ortho intramolecular Hbond substituents is 2. The summed E-state index contributed by atoms with van der Waals surface area (Å²) in [6.07, 6.45) is 0.951. The average Bonchev–Trinajstić information content (AvgIpc) is 1.63. The van der Waals surface area contributed by atoms with Gasteiger partial charge in [0.25, 0.3) is 0 Å². The van der Waals surface area contributed by atoms with Crippen LogP contribution in [0.3, 0.4) is 0 Å². The van der Waals surface area contributed by atoms with Gasteiger partial charge >= 0.3 is 0 Å². The van der Waals surface area contributed by atoms with Crippen molar-refractivity contribution in [2.24, 2.45) is 28.9 Å². The number of rotatable bonds is 39. The maximum absolute atomic E-state index is 14.6. The number of hydrogen-bond acceptors (Lipinski definition) is 18. The van der Waals surface area contributed by atoms with Gasteiger partial charge in [-0.1, -0.05) is 91.9 Å². The Kier molecular flexibility index (Phi) is 28.9. The van der Waals surface area contributed by atoms with Gasteiger partial charge in [0.2, 0.25) is 70.9 Å². The van der Waals surface area contributed by atoms with Crippen LogP contribution < -0.4 is 76.1 Å². The maximum Gasteiger partial charge on any atom is 0.245 e. The zero-order valence-electron chi connectivity index (χ0n) is 55.1. The predicted molar refractivity (Wildman–Crippen MR) is 360 cm³/mol. The second kappa shape index (κ2) is 37.5. The molecule has 534 valence electrons. The van der Waals surface area contributed by atoms with Gasteiger partial charge < -0.3 is 96.4 Å². The van der Waals surface area contributed by atoms with Crippen molar-refractivity contribution in [3.05, 3.63) is 143 Å². The number of fused-ring (bicyclic) bond motifs is 1. The normalized spacial score (nSPS) is 13.8. The van der Waals surface area contributed by atoms with Crippen molar-refractivity contribution in [3.63, 3.8) is 0 Å². The van der Waals surface area contributed by atoms with Crippen molar-refractivity contribution in [1.29, 1.82) is 5.41 Å². The van der Waals surface area contributed by atoms with E-state index in [9.17, 15) is 72.9 Å². The van der Waals surface area contributed by atoms with Gasteiger partial charge in [-0.15, -0.1) is 5.10 Å². The third-order valence-corrected chi connectivity index (χ3v) is 15.5. The minimum Gasteiger partial charge on any atom is -0.508 e. The van der Waals surface area contributed by atoms with Crippen molar-refractivity contribution in [3.8, 4) is 11.5 Å². The Morgan fingerprint density at radius 2 is 1.02 bits per heavy atom. The van der Waals surface area contributed by atoms with Crippen LogP contribution >= 0.6 is 0 Å². The summed E-state index contributed by atoms with van der Waals surface area (Å²) in [5.41, 5.74) is 25.1. The number of aliphatic hydroxyl groups excluding tert-OH is 1. The summed E-state index contributed by atoms with van der Waals surface area (Å²) in [6.45, 7) is 3.27. The van der Waals surface area contributed by atoms with Crippen LogP contribution in [0.5, 0.6) is 11.5 Å². The van der Waals surface area contributed by atoms with Crippen LogP contribution in [-0.2, 0) is 89.8 Å². The zero-order chi connectivity index (χ0) is 73.2. The SMILES string of the molecule is CC(=O)N[C@@H](Cc1ccc(O)cc1)C(=O)N[C@@H](CC(N)=O)C(=O)N[C@@H](Cc1c[nH]c2ccccc12)C(=O)N[C@@H](CC(N)=O)C(=O)N[C@@H](CO)C(=O)N[C@@H](Cc1ccccc1)c1cn(CC(=O)N[C@@H](CC(C)C)C(=O)N[C@@H](CCCNC(=N)N)C(=O)N[C@@H](Cc2ccc(O)cc2)C(N)=O)nn1. The first kappa shape index (κ1) is 77.0. The second-order valence-electron chi connectivity index (χ2n) is 24.2. The van der Waals surface area contributed by atoms with E-state index in [0.29, 0.717) is 33.2 Å².